The van der Waals surface area contributed by atoms with Crippen LogP contribution in [0.1, 0.15) is 57.9 Å². The zero-order chi connectivity index (χ0) is 17.0. The highest BCUT2D eigenvalue weighted by Gasteiger charge is 2.45. The smallest absolute Gasteiger partial charge is 0.132 e. The fourth-order valence-corrected chi connectivity index (χ4v) is 4.13. The minimum Gasteiger partial charge on any atom is -0.306 e. The summed E-state index contributed by atoms with van der Waals surface area (Å²) < 4.78 is 0. The van der Waals surface area contributed by atoms with E-state index < -0.39 is 0 Å². The summed E-state index contributed by atoms with van der Waals surface area (Å²) in [6.45, 7) is 3.75. The summed E-state index contributed by atoms with van der Waals surface area (Å²) in [5, 5.41) is 0.805. The third kappa shape index (κ3) is 4.16. The molecule has 0 bridgehead atoms. The van der Waals surface area contributed by atoms with E-state index in [1.54, 1.807) is 6.92 Å². The predicted molar refractivity (Wildman–Crippen MR) is 98.2 cm³/mol. The summed E-state index contributed by atoms with van der Waals surface area (Å²) in [6, 6.07) is 8.96. The highest BCUT2D eigenvalue weighted by molar-refractivity contribution is 6.30. The van der Waals surface area contributed by atoms with Gasteiger partial charge in [0, 0.05) is 22.4 Å². The maximum Gasteiger partial charge on any atom is 0.132 e. The second-order valence-corrected chi connectivity index (χ2v) is 7.88. The zero-order valence-electron chi connectivity index (χ0n) is 14.9. The molecule has 0 amide bonds. The Morgan fingerprint density at radius 3 is 2.26 bits per heavy atom. The number of rotatable bonds is 8. The van der Waals surface area contributed by atoms with Crippen LogP contribution < -0.4 is 0 Å². The minimum atomic E-state index is 0.186. The van der Waals surface area contributed by atoms with Gasteiger partial charge < -0.3 is 4.90 Å². The van der Waals surface area contributed by atoms with Crippen molar-refractivity contribution in [2.45, 2.75) is 63.8 Å². The van der Waals surface area contributed by atoms with Gasteiger partial charge in [0.2, 0.25) is 0 Å². The van der Waals surface area contributed by atoms with E-state index in [0.717, 1.165) is 24.3 Å². The van der Waals surface area contributed by atoms with Crippen LogP contribution in [0.3, 0.4) is 0 Å². The number of carbonyl (C=O) groups excluding carboxylic acids is 1. The lowest BCUT2D eigenvalue weighted by molar-refractivity contribution is -0.120. The average Bonchev–Trinajstić information content (AvgIpc) is 2.45. The maximum atomic E-state index is 11.4. The Balaban J connectivity index is 2.11. The van der Waals surface area contributed by atoms with Crippen LogP contribution in [0.5, 0.6) is 0 Å². The van der Waals surface area contributed by atoms with Crippen LogP contribution in [0, 0.1) is 5.92 Å². The van der Waals surface area contributed by atoms with Gasteiger partial charge in [0.1, 0.15) is 5.78 Å². The second-order valence-electron chi connectivity index (χ2n) is 7.44. The van der Waals surface area contributed by atoms with E-state index in [-0.39, 0.29) is 11.3 Å². The van der Waals surface area contributed by atoms with Crippen molar-refractivity contribution in [2.24, 2.45) is 5.92 Å². The van der Waals surface area contributed by atoms with Crippen molar-refractivity contribution in [1.82, 2.24) is 4.90 Å². The lowest BCUT2D eigenvalue weighted by Gasteiger charge is -2.51. The molecule has 0 saturated heterocycles. The summed E-state index contributed by atoms with van der Waals surface area (Å²) in [6.07, 6.45) is 7.05. The number of ketones is 1. The van der Waals surface area contributed by atoms with Crippen molar-refractivity contribution in [3.8, 4) is 0 Å². The summed E-state index contributed by atoms with van der Waals surface area (Å²) >= 11 is 6.07. The van der Waals surface area contributed by atoms with Gasteiger partial charge in [-0.2, -0.15) is 0 Å². The van der Waals surface area contributed by atoms with Crippen LogP contribution in [0.2, 0.25) is 5.02 Å². The molecule has 1 aromatic carbocycles. The molecule has 1 aliphatic carbocycles. The van der Waals surface area contributed by atoms with Crippen molar-refractivity contribution in [3.63, 3.8) is 0 Å². The van der Waals surface area contributed by atoms with Crippen molar-refractivity contribution in [3.05, 3.63) is 34.9 Å². The molecule has 1 fully saturated rings. The molecule has 1 aromatic rings. The Bertz CT molecular complexity index is 519. The predicted octanol–water partition coefficient (Wildman–Crippen LogP) is 5.09. The van der Waals surface area contributed by atoms with Gasteiger partial charge in [0.05, 0.1) is 0 Å². The van der Waals surface area contributed by atoms with E-state index in [1.807, 2.05) is 19.1 Å². The number of halogens is 1. The first-order chi connectivity index (χ1) is 10.9. The number of hydrogen-bond donors (Lipinski definition) is 0. The third-order valence-corrected chi connectivity index (χ3v) is 5.99. The molecule has 23 heavy (non-hydrogen) atoms. The van der Waals surface area contributed by atoms with Gasteiger partial charge in [-0.1, -0.05) is 43.5 Å². The zero-order valence-corrected chi connectivity index (χ0v) is 15.7. The molecule has 2 nitrogen and oxygen atoms in total. The van der Waals surface area contributed by atoms with E-state index >= 15 is 0 Å². The largest absolute Gasteiger partial charge is 0.306 e. The lowest BCUT2D eigenvalue weighted by Crippen LogP contribution is -2.52. The highest BCUT2D eigenvalue weighted by Crippen LogP contribution is 2.49. The molecule has 1 aliphatic rings. The summed E-state index contributed by atoms with van der Waals surface area (Å²) in [4.78, 5) is 13.8. The maximum absolute atomic E-state index is 11.4. The Kier molecular flexibility index (Phi) is 6.27. The number of benzene rings is 1. The van der Waals surface area contributed by atoms with Gasteiger partial charge in [0.25, 0.3) is 0 Å². The Hall–Kier alpha value is -0.860. The molecule has 1 saturated carbocycles. The standard InChI is InChI=1S/C20H30ClNO/c1-15(16(2)23)7-5-8-19(22(3)4)20(13-6-14-20)17-9-11-18(21)12-10-17/h9-12,15,19H,5-8,13-14H2,1-4H3. The molecule has 128 valence electrons. The Morgan fingerprint density at radius 1 is 1.22 bits per heavy atom. The molecular weight excluding hydrogens is 306 g/mol. The van der Waals surface area contributed by atoms with Gasteiger partial charge in [-0.25, -0.2) is 0 Å². The summed E-state index contributed by atoms with van der Waals surface area (Å²) in [7, 11) is 4.38. The Labute approximate surface area is 146 Å². The van der Waals surface area contributed by atoms with Gasteiger partial charge >= 0.3 is 0 Å². The monoisotopic (exact) mass is 335 g/mol. The third-order valence-electron chi connectivity index (χ3n) is 5.73. The van der Waals surface area contributed by atoms with Crippen LogP contribution in [0.25, 0.3) is 0 Å². The van der Waals surface area contributed by atoms with Crippen molar-refractivity contribution in [2.75, 3.05) is 14.1 Å². The minimum absolute atomic E-state index is 0.186. The molecule has 0 N–H and O–H groups in total. The van der Waals surface area contributed by atoms with E-state index in [4.69, 9.17) is 11.6 Å². The van der Waals surface area contributed by atoms with E-state index in [0.29, 0.717) is 11.8 Å². The fourth-order valence-electron chi connectivity index (χ4n) is 4.00. The van der Waals surface area contributed by atoms with Crippen molar-refractivity contribution < 1.29 is 4.79 Å². The molecule has 0 heterocycles. The number of likely N-dealkylation sites (N-methyl/N-ethyl adjacent to an activating group) is 1. The molecule has 0 radical (unpaired) electrons. The molecule has 2 rings (SSSR count). The van der Waals surface area contributed by atoms with Crippen molar-refractivity contribution >= 4 is 17.4 Å². The first-order valence-electron chi connectivity index (χ1n) is 8.80. The molecule has 3 heteroatoms. The normalized spacial score (nSPS) is 19.2. The summed E-state index contributed by atoms with van der Waals surface area (Å²) in [5.74, 6) is 0.494. The number of nitrogens with zero attached hydrogens (tertiary/aromatic N) is 1. The van der Waals surface area contributed by atoms with Gasteiger partial charge in [0.15, 0.2) is 0 Å². The molecule has 0 spiro atoms. The van der Waals surface area contributed by atoms with E-state index in [2.05, 4.69) is 31.1 Å². The number of Topliss-reactive ketones (excluding diaryl/α,β-unsaturated/α-hetero) is 1. The quantitative estimate of drug-likeness (QED) is 0.659. The first kappa shape index (κ1) is 18.5. The fraction of sp³-hybridized carbons (Fsp3) is 0.650. The highest BCUT2D eigenvalue weighted by atomic mass is 35.5. The molecule has 2 atom stereocenters. The number of carbonyl (C=O) groups is 1. The van der Waals surface area contributed by atoms with Crippen LogP contribution >= 0.6 is 11.6 Å². The topological polar surface area (TPSA) is 20.3 Å². The van der Waals surface area contributed by atoms with Crippen LogP contribution in [0.4, 0.5) is 0 Å². The Morgan fingerprint density at radius 2 is 1.83 bits per heavy atom. The molecule has 0 aliphatic heterocycles. The molecule has 2 unspecified atom stereocenters. The van der Waals surface area contributed by atoms with Crippen LogP contribution in [0.15, 0.2) is 24.3 Å². The van der Waals surface area contributed by atoms with Gasteiger partial charge in [-0.15, -0.1) is 0 Å². The lowest BCUT2D eigenvalue weighted by atomic mass is 9.59. The SMILES string of the molecule is CC(=O)C(C)CCCC(N(C)C)C1(c2ccc(Cl)cc2)CCC1. The summed E-state index contributed by atoms with van der Waals surface area (Å²) in [5.41, 5.74) is 1.68. The van der Waals surface area contributed by atoms with E-state index in [9.17, 15) is 4.79 Å². The van der Waals surface area contributed by atoms with Crippen molar-refractivity contribution in [1.29, 1.82) is 0 Å². The number of hydrogen-bond acceptors (Lipinski definition) is 2. The molecular formula is C20H30ClNO. The second kappa shape index (κ2) is 7.81. The molecule has 0 aromatic heterocycles. The van der Waals surface area contributed by atoms with Gasteiger partial charge in [-0.05, 0) is 64.4 Å². The van der Waals surface area contributed by atoms with E-state index in [1.165, 1.54) is 24.8 Å². The van der Waals surface area contributed by atoms with Crippen LogP contribution in [-0.4, -0.2) is 30.8 Å². The van der Waals surface area contributed by atoms with Crippen LogP contribution in [-0.2, 0) is 10.2 Å². The average molecular weight is 336 g/mol. The van der Waals surface area contributed by atoms with Gasteiger partial charge in [-0.3, -0.25) is 4.79 Å². The first-order valence-corrected chi connectivity index (χ1v) is 9.17.